The van der Waals surface area contributed by atoms with Gasteiger partial charge in [0.2, 0.25) is 0 Å². The summed E-state index contributed by atoms with van der Waals surface area (Å²) >= 11 is 0. The largest absolute Gasteiger partial charge is 0.271 e. The number of benzene rings is 1. The van der Waals surface area contributed by atoms with Crippen LogP contribution >= 0.6 is 0 Å². The lowest BCUT2D eigenvalue weighted by Crippen LogP contribution is -2.38. The number of nitrogens with one attached hydrogen (secondary N) is 1. The van der Waals surface area contributed by atoms with E-state index in [1.165, 1.54) is 56.7 Å². The maximum absolute atomic E-state index is 13.7. The summed E-state index contributed by atoms with van der Waals surface area (Å²) in [4.78, 5) is 0. The minimum atomic E-state index is -0.480. The molecule has 0 heterocycles. The Bertz CT molecular complexity index is 395. The van der Waals surface area contributed by atoms with E-state index in [2.05, 4.69) is 5.43 Å². The minimum absolute atomic E-state index is 0.0653. The highest BCUT2D eigenvalue weighted by molar-refractivity contribution is 5.20. The molecule has 2 nitrogen and oxygen atoms in total. The summed E-state index contributed by atoms with van der Waals surface area (Å²) in [6.07, 6.45) is 8.75. The fourth-order valence-electron chi connectivity index (χ4n) is 3.19. The number of halogens is 2. The number of hydrogen-bond donors (Lipinski definition) is 2. The Morgan fingerprint density at radius 1 is 1.10 bits per heavy atom. The lowest BCUT2D eigenvalue weighted by Gasteiger charge is -2.22. The normalized spacial score (nSPS) is 18.8. The highest BCUT2D eigenvalue weighted by atomic mass is 19.1. The van der Waals surface area contributed by atoms with Gasteiger partial charge in [-0.25, -0.2) is 8.78 Å². The molecule has 1 fully saturated rings. The SMILES string of the molecule is NNC(Cc1c(F)cccc1F)CC1CCCCCC1. The lowest BCUT2D eigenvalue weighted by atomic mass is 9.90. The van der Waals surface area contributed by atoms with Crippen molar-refractivity contribution < 1.29 is 8.78 Å². The molecule has 0 radical (unpaired) electrons. The van der Waals surface area contributed by atoms with Crippen LogP contribution in [0.4, 0.5) is 8.78 Å². The Hall–Kier alpha value is -1.00. The molecule has 1 atom stereocenters. The van der Waals surface area contributed by atoms with Gasteiger partial charge in [0.1, 0.15) is 11.6 Å². The summed E-state index contributed by atoms with van der Waals surface area (Å²) in [5.41, 5.74) is 2.88. The van der Waals surface area contributed by atoms with Gasteiger partial charge in [0.15, 0.2) is 0 Å². The van der Waals surface area contributed by atoms with E-state index in [1.54, 1.807) is 0 Å². The third kappa shape index (κ3) is 4.25. The highest BCUT2D eigenvalue weighted by Crippen LogP contribution is 2.27. The summed E-state index contributed by atoms with van der Waals surface area (Å²) in [5.74, 6) is 5.24. The average Bonchev–Trinajstić information content (AvgIpc) is 2.70. The fraction of sp³-hybridized carbons (Fsp3) is 0.625. The van der Waals surface area contributed by atoms with E-state index < -0.39 is 11.6 Å². The van der Waals surface area contributed by atoms with Crippen molar-refractivity contribution in [3.63, 3.8) is 0 Å². The van der Waals surface area contributed by atoms with Crippen LogP contribution in [0.3, 0.4) is 0 Å². The van der Waals surface area contributed by atoms with Gasteiger partial charge in [-0.15, -0.1) is 0 Å². The smallest absolute Gasteiger partial charge is 0.129 e. The van der Waals surface area contributed by atoms with Crippen LogP contribution in [-0.4, -0.2) is 6.04 Å². The van der Waals surface area contributed by atoms with Gasteiger partial charge in [-0.3, -0.25) is 11.3 Å². The molecule has 0 bridgehead atoms. The standard InChI is InChI=1S/C16H24F2N2/c17-15-8-5-9-16(18)14(15)11-13(20-19)10-12-6-3-1-2-4-7-12/h5,8-9,12-13,20H,1-4,6-7,10-11,19H2. The topological polar surface area (TPSA) is 38.0 Å². The van der Waals surface area contributed by atoms with Crippen molar-refractivity contribution in [2.45, 2.75) is 57.4 Å². The second-order valence-corrected chi connectivity index (χ2v) is 5.86. The van der Waals surface area contributed by atoms with Crippen LogP contribution in [0.1, 0.15) is 50.5 Å². The van der Waals surface area contributed by atoms with E-state index in [0.717, 1.165) is 6.42 Å². The molecule has 1 saturated carbocycles. The van der Waals surface area contributed by atoms with Gasteiger partial charge < -0.3 is 0 Å². The maximum Gasteiger partial charge on any atom is 0.129 e. The Labute approximate surface area is 119 Å². The third-order valence-electron chi connectivity index (χ3n) is 4.34. The van der Waals surface area contributed by atoms with Crippen LogP contribution in [0.5, 0.6) is 0 Å². The molecule has 0 aliphatic heterocycles. The molecule has 20 heavy (non-hydrogen) atoms. The summed E-state index contributed by atoms with van der Waals surface area (Å²) in [6.45, 7) is 0. The molecular weight excluding hydrogens is 258 g/mol. The first-order valence-corrected chi connectivity index (χ1v) is 7.59. The van der Waals surface area contributed by atoms with E-state index in [4.69, 9.17) is 5.84 Å². The molecule has 0 amide bonds. The van der Waals surface area contributed by atoms with Crippen LogP contribution in [0.15, 0.2) is 18.2 Å². The Morgan fingerprint density at radius 2 is 1.70 bits per heavy atom. The van der Waals surface area contributed by atoms with Gasteiger partial charge >= 0.3 is 0 Å². The zero-order valence-corrected chi connectivity index (χ0v) is 11.9. The fourth-order valence-corrected chi connectivity index (χ4v) is 3.19. The Balaban J connectivity index is 1.97. The number of rotatable bonds is 5. The molecule has 1 aliphatic carbocycles. The first kappa shape index (κ1) is 15.4. The number of hydrogen-bond acceptors (Lipinski definition) is 2. The molecule has 1 aromatic rings. The van der Waals surface area contributed by atoms with Gasteiger partial charge in [0.05, 0.1) is 0 Å². The van der Waals surface area contributed by atoms with Crippen molar-refractivity contribution in [2.24, 2.45) is 11.8 Å². The van der Waals surface area contributed by atoms with Crippen LogP contribution in [0.25, 0.3) is 0 Å². The van der Waals surface area contributed by atoms with E-state index in [1.807, 2.05) is 0 Å². The van der Waals surface area contributed by atoms with Crippen LogP contribution < -0.4 is 11.3 Å². The van der Waals surface area contributed by atoms with E-state index >= 15 is 0 Å². The van der Waals surface area contributed by atoms with E-state index in [-0.39, 0.29) is 11.6 Å². The second kappa shape index (κ2) is 7.70. The van der Waals surface area contributed by atoms with Crippen molar-refractivity contribution >= 4 is 0 Å². The lowest BCUT2D eigenvalue weighted by molar-refractivity contribution is 0.347. The maximum atomic E-state index is 13.7. The predicted octanol–water partition coefficient (Wildman–Crippen LogP) is 3.70. The van der Waals surface area contributed by atoms with Crippen molar-refractivity contribution in [1.29, 1.82) is 0 Å². The molecule has 2 rings (SSSR count). The predicted molar refractivity (Wildman–Crippen MR) is 77.0 cm³/mol. The quantitative estimate of drug-likeness (QED) is 0.491. The molecule has 1 aliphatic rings. The third-order valence-corrected chi connectivity index (χ3v) is 4.34. The highest BCUT2D eigenvalue weighted by Gasteiger charge is 2.20. The molecular formula is C16H24F2N2. The van der Waals surface area contributed by atoms with Gasteiger partial charge in [-0.1, -0.05) is 44.6 Å². The average molecular weight is 282 g/mol. The van der Waals surface area contributed by atoms with Crippen molar-refractivity contribution in [3.8, 4) is 0 Å². The molecule has 0 saturated heterocycles. The Kier molecular flexibility index (Phi) is 5.92. The monoisotopic (exact) mass is 282 g/mol. The zero-order valence-electron chi connectivity index (χ0n) is 11.9. The molecule has 112 valence electrons. The van der Waals surface area contributed by atoms with E-state index in [9.17, 15) is 8.78 Å². The molecule has 0 spiro atoms. The van der Waals surface area contributed by atoms with Crippen LogP contribution in [0.2, 0.25) is 0 Å². The van der Waals surface area contributed by atoms with Crippen molar-refractivity contribution in [1.82, 2.24) is 5.43 Å². The van der Waals surface area contributed by atoms with Crippen LogP contribution in [-0.2, 0) is 6.42 Å². The summed E-state index contributed by atoms with van der Waals surface area (Å²) < 4.78 is 27.4. The number of hydrazine groups is 1. The second-order valence-electron chi connectivity index (χ2n) is 5.86. The van der Waals surface area contributed by atoms with Crippen molar-refractivity contribution in [3.05, 3.63) is 35.4 Å². The summed E-state index contributed by atoms with van der Waals surface area (Å²) in [5, 5.41) is 0. The van der Waals surface area contributed by atoms with Gasteiger partial charge in [0.25, 0.3) is 0 Å². The van der Waals surface area contributed by atoms with Gasteiger partial charge in [-0.05, 0) is 30.9 Å². The molecule has 1 unspecified atom stereocenters. The number of nitrogens with two attached hydrogens (primary N) is 1. The molecule has 1 aromatic carbocycles. The zero-order chi connectivity index (χ0) is 14.4. The summed E-state index contributed by atoms with van der Waals surface area (Å²) in [6, 6.07) is 3.93. The van der Waals surface area contributed by atoms with Crippen LogP contribution in [0, 0.1) is 17.6 Å². The van der Waals surface area contributed by atoms with Gasteiger partial charge in [0, 0.05) is 11.6 Å². The molecule has 4 heteroatoms. The molecule has 3 N–H and O–H groups in total. The van der Waals surface area contributed by atoms with Gasteiger partial charge in [-0.2, -0.15) is 0 Å². The summed E-state index contributed by atoms with van der Waals surface area (Å²) in [7, 11) is 0. The van der Waals surface area contributed by atoms with Crippen molar-refractivity contribution in [2.75, 3.05) is 0 Å². The van der Waals surface area contributed by atoms with E-state index in [0.29, 0.717) is 12.3 Å². The minimum Gasteiger partial charge on any atom is -0.271 e. The first-order chi connectivity index (χ1) is 9.70. The Morgan fingerprint density at radius 3 is 2.25 bits per heavy atom. The first-order valence-electron chi connectivity index (χ1n) is 7.59. The molecule has 0 aromatic heterocycles.